The zero-order valence-corrected chi connectivity index (χ0v) is 21.7. The summed E-state index contributed by atoms with van der Waals surface area (Å²) < 4.78 is 12.2. The first-order chi connectivity index (χ1) is 18.1. The van der Waals surface area contributed by atoms with Crippen LogP contribution in [0.15, 0.2) is 36.7 Å². The summed E-state index contributed by atoms with van der Waals surface area (Å²) >= 11 is 0. The van der Waals surface area contributed by atoms with Crippen LogP contribution in [-0.4, -0.2) is 71.6 Å². The normalized spacial score (nSPS) is 22.2. The van der Waals surface area contributed by atoms with Gasteiger partial charge < -0.3 is 19.7 Å². The van der Waals surface area contributed by atoms with Crippen molar-refractivity contribution in [2.45, 2.75) is 57.1 Å². The number of piperazine rings is 1. The first-order valence-electron chi connectivity index (χ1n) is 13.4. The Morgan fingerprint density at radius 1 is 1.03 bits per heavy atom. The van der Waals surface area contributed by atoms with Crippen LogP contribution in [0.2, 0.25) is 0 Å². The van der Waals surface area contributed by atoms with Crippen LogP contribution in [0.5, 0.6) is 11.5 Å². The highest BCUT2D eigenvalue weighted by molar-refractivity contribution is 5.93. The van der Waals surface area contributed by atoms with Gasteiger partial charge in [-0.3, -0.25) is 9.69 Å². The monoisotopic (exact) mass is 501 g/mol. The fourth-order valence-electron chi connectivity index (χ4n) is 6.08. The third-order valence-electron chi connectivity index (χ3n) is 8.26. The van der Waals surface area contributed by atoms with Gasteiger partial charge in [-0.15, -0.1) is 0 Å². The maximum absolute atomic E-state index is 12.2. The topological polar surface area (TPSA) is 79.8 Å². The number of aromatic nitrogens is 2. The number of carbonyl (C=O) groups excluding carboxylic acids is 1. The van der Waals surface area contributed by atoms with Crippen LogP contribution in [0.3, 0.4) is 0 Å². The molecule has 1 saturated heterocycles. The van der Waals surface area contributed by atoms with E-state index in [1.807, 2.05) is 24.1 Å². The van der Waals surface area contributed by atoms with Crippen LogP contribution in [0.25, 0.3) is 10.9 Å². The smallest absolute Gasteiger partial charge is 0.236 e. The average Bonchev–Trinajstić information content (AvgIpc) is 3.41. The molecule has 6 rings (SSSR count). The maximum atomic E-state index is 12.2. The number of benzene rings is 2. The Hall–Kier alpha value is -3.39. The second-order valence-electron chi connectivity index (χ2n) is 10.5. The number of anilines is 2. The summed E-state index contributed by atoms with van der Waals surface area (Å²) in [7, 11) is 3.56. The number of hydrogen-bond acceptors (Lipinski definition) is 7. The number of rotatable bonds is 6. The van der Waals surface area contributed by atoms with Gasteiger partial charge >= 0.3 is 0 Å². The first-order valence-corrected chi connectivity index (χ1v) is 13.4. The van der Waals surface area contributed by atoms with E-state index in [-0.39, 0.29) is 12.0 Å². The summed E-state index contributed by atoms with van der Waals surface area (Å²) in [6, 6.07) is 10.9. The molecule has 194 valence electrons. The lowest BCUT2D eigenvalue weighted by atomic mass is 9.91. The van der Waals surface area contributed by atoms with Crippen LogP contribution in [0, 0.1) is 0 Å². The number of amides is 1. The van der Waals surface area contributed by atoms with Gasteiger partial charge in [-0.1, -0.05) is 12.1 Å². The molecular weight excluding hydrogens is 466 g/mol. The fraction of sp³-hybridized carbons (Fsp3) is 0.483. The average molecular weight is 502 g/mol. The van der Waals surface area contributed by atoms with Crippen molar-refractivity contribution in [1.29, 1.82) is 0 Å². The van der Waals surface area contributed by atoms with E-state index in [0.717, 1.165) is 79.8 Å². The molecule has 1 aromatic heterocycles. The number of likely N-dealkylation sites (N-methyl/N-ethyl adjacent to an activating group) is 1. The van der Waals surface area contributed by atoms with Gasteiger partial charge in [-0.2, -0.15) is 0 Å². The summed E-state index contributed by atoms with van der Waals surface area (Å²) in [5.74, 6) is 2.41. The number of fused-ring (bicyclic) bond motifs is 2. The molecule has 2 fully saturated rings. The van der Waals surface area contributed by atoms with Crippen LogP contribution < -0.4 is 14.8 Å². The molecule has 8 heteroatoms. The molecule has 37 heavy (non-hydrogen) atoms. The van der Waals surface area contributed by atoms with Gasteiger partial charge in [0.2, 0.25) is 5.91 Å². The summed E-state index contributed by atoms with van der Waals surface area (Å²) in [6.07, 6.45) is 9.12. The summed E-state index contributed by atoms with van der Waals surface area (Å²) in [5, 5.41) is 4.50. The number of hydrogen-bond donors (Lipinski definition) is 1. The first kappa shape index (κ1) is 24.0. The van der Waals surface area contributed by atoms with E-state index >= 15 is 0 Å². The highest BCUT2D eigenvalue weighted by Crippen LogP contribution is 2.38. The van der Waals surface area contributed by atoms with Gasteiger partial charge in [-0.05, 0) is 68.2 Å². The quantitative estimate of drug-likeness (QED) is 0.538. The van der Waals surface area contributed by atoms with E-state index in [1.54, 1.807) is 13.4 Å². The lowest BCUT2D eigenvalue weighted by Crippen LogP contribution is -2.53. The third-order valence-corrected chi connectivity index (χ3v) is 8.26. The lowest BCUT2D eigenvalue weighted by molar-refractivity contribution is -0.135. The molecule has 1 N–H and O–H groups in total. The molecule has 2 aliphatic carbocycles. The summed E-state index contributed by atoms with van der Waals surface area (Å²) in [4.78, 5) is 25.4. The van der Waals surface area contributed by atoms with Gasteiger partial charge in [-0.25, -0.2) is 9.97 Å². The van der Waals surface area contributed by atoms with Crippen molar-refractivity contribution in [3.05, 3.63) is 47.8 Å². The Bertz CT molecular complexity index is 1300. The fourth-order valence-corrected chi connectivity index (χ4v) is 6.08. The lowest BCUT2D eigenvalue weighted by Gasteiger charge is -2.40. The van der Waals surface area contributed by atoms with Crippen LogP contribution >= 0.6 is 0 Å². The molecule has 0 radical (unpaired) electrons. The molecular formula is C29H35N5O3. The minimum atomic E-state index is 0.115. The number of aryl methyl sites for hydroxylation is 1. The Labute approximate surface area is 218 Å². The molecule has 2 aromatic carbocycles. The minimum Gasteiger partial charge on any atom is -0.493 e. The molecule has 3 aliphatic rings. The molecule has 1 aliphatic heterocycles. The molecule has 0 spiro atoms. The standard InChI is InChI=1S/C29H35N5O3/c1-33-13-14-34(17-28(33)35)20-9-11-21(12-10-20)37-27-15-23-25(16-26(27)36-2)30-18-31-29(23)32-24-8-4-6-19-5-3-7-22(19)24/h4,6,8,15-16,18,20-21H,3,5,7,9-14,17H2,1-2H3,(H,30,31,32)/t20-,21-. The summed E-state index contributed by atoms with van der Waals surface area (Å²) in [5.41, 5.74) is 4.75. The number of methoxy groups -OCH3 is 1. The molecule has 2 heterocycles. The van der Waals surface area contributed by atoms with Gasteiger partial charge in [0, 0.05) is 43.3 Å². The van der Waals surface area contributed by atoms with Crippen molar-refractivity contribution in [3.63, 3.8) is 0 Å². The number of ether oxygens (including phenoxy) is 2. The van der Waals surface area contributed by atoms with Gasteiger partial charge in [0.1, 0.15) is 12.1 Å². The van der Waals surface area contributed by atoms with Crippen LogP contribution in [0.1, 0.15) is 43.2 Å². The summed E-state index contributed by atoms with van der Waals surface area (Å²) in [6.45, 7) is 2.30. The zero-order chi connectivity index (χ0) is 25.4. The van der Waals surface area contributed by atoms with Crippen molar-refractivity contribution in [2.75, 3.05) is 39.1 Å². The molecule has 3 aromatic rings. The Morgan fingerprint density at radius 3 is 2.70 bits per heavy atom. The highest BCUT2D eigenvalue weighted by atomic mass is 16.5. The van der Waals surface area contributed by atoms with Gasteiger partial charge in [0.25, 0.3) is 0 Å². The predicted molar refractivity (Wildman–Crippen MR) is 144 cm³/mol. The third kappa shape index (κ3) is 4.82. The molecule has 0 bridgehead atoms. The van der Waals surface area contributed by atoms with Crippen LogP contribution in [-0.2, 0) is 17.6 Å². The molecule has 1 amide bonds. The minimum absolute atomic E-state index is 0.115. The van der Waals surface area contributed by atoms with Gasteiger partial charge in [0.05, 0.1) is 25.3 Å². The Morgan fingerprint density at radius 2 is 1.89 bits per heavy atom. The predicted octanol–water partition coefficient (Wildman–Crippen LogP) is 4.33. The van der Waals surface area contributed by atoms with E-state index in [2.05, 4.69) is 38.4 Å². The SMILES string of the molecule is COc1cc2ncnc(Nc3cccc4c3CCC4)c2cc1O[C@H]1CC[C@H](N2CCN(C)C(=O)C2)CC1. The Balaban J connectivity index is 1.20. The van der Waals surface area contributed by atoms with Crippen molar-refractivity contribution in [3.8, 4) is 11.5 Å². The molecule has 0 atom stereocenters. The molecule has 8 nitrogen and oxygen atoms in total. The number of nitrogens with zero attached hydrogens (tertiary/aromatic N) is 4. The largest absolute Gasteiger partial charge is 0.493 e. The van der Waals surface area contributed by atoms with Crippen LogP contribution in [0.4, 0.5) is 11.5 Å². The molecule has 1 saturated carbocycles. The highest BCUT2D eigenvalue weighted by Gasteiger charge is 2.31. The van der Waals surface area contributed by atoms with Crippen molar-refractivity contribution < 1.29 is 14.3 Å². The Kier molecular flexibility index (Phi) is 6.59. The van der Waals surface area contributed by atoms with Crippen molar-refractivity contribution >= 4 is 28.3 Å². The van der Waals surface area contributed by atoms with E-state index in [9.17, 15) is 4.79 Å². The number of carbonyl (C=O) groups is 1. The zero-order valence-electron chi connectivity index (χ0n) is 21.7. The second kappa shape index (κ2) is 10.2. The van der Waals surface area contributed by atoms with Crippen molar-refractivity contribution in [2.24, 2.45) is 0 Å². The van der Waals surface area contributed by atoms with E-state index < -0.39 is 0 Å². The maximum Gasteiger partial charge on any atom is 0.236 e. The molecule has 0 unspecified atom stereocenters. The number of nitrogens with one attached hydrogen (secondary N) is 1. The van der Waals surface area contributed by atoms with E-state index in [1.165, 1.54) is 17.5 Å². The van der Waals surface area contributed by atoms with E-state index in [4.69, 9.17) is 9.47 Å². The van der Waals surface area contributed by atoms with Crippen molar-refractivity contribution in [1.82, 2.24) is 19.8 Å². The van der Waals surface area contributed by atoms with E-state index in [0.29, 0.717) is 18.3 Å². The van der Waals surface area contributed by atoms with Gasteiger partial charge in [0.15, 0.2) is 11.5 Å². The second-order valence-corrected chi connectivity index (χ2v) is 10.5.